The first-order chi connectivity index (χ1) is 12.7. The lowest BCUT2D eigenvalue weighted by Gasteiger charge is -2.26. The van der Waals surface area contributed by atoms with Gasteiger partial charge in [-0.3, -0.25) is 0 Å². The van der Waals surface area contributed by atoms with Gasteiger partial charge in [0.05, 0.1) is 0 Å². The van der Waals surface area contributed by atoms with Crippen molar-refractivity contribution in [3.05, 3.63) is 46.3 Å². The lowest BCUT2D eigenvalue weighted by Crippen LogP contribution is -2.30. The Morgan fingerprint density at radius 1 is 1.15 bits per heavy atom. The normalized spacial score (nSPS) is 15.2. The standard InChI is InChI=1S/C20H25NO4S/c22-19(17-15-16-7-2-3-8-18(16)25-20(17)23)24-12-14-26-13-6-11-21-9-4-1-5-10-21/h2-3,7-8,15H,1,4-6,9-14H2. The third-order valence-corrected chi connectivity index (χ3v) is 5.57. The second-order valence-corrected chi connectivity index (χ2v) is 7.71. The molecule has 1 aromatic heterocycles. The summed E-state index contributed by atoms with van der Waals surface area (Å²) in [6, 6.07) is 8.65. The van der Waals surface area contributed by atoms with E-state index in [-0.39, 0.29) is 5.56 Å². The molecule has 6 heteroatoms. The third kappa shape index (κ3) is 5.35. The summed E-state index contributed by atoms with van der Waals surface area (Å²) in [5, 5.41) is 0.714. The van der Waals surface area contributed by atoms with E-state index >= 15 is 0 Å². The number of carbonyl (C=O) groups is 1. The molecule has 140 valence electrons. The number of nitrogens with zero attached hydrogens (tertiary/aromatic N) is 1. The molecule has 0 unspecified atom stereocenters. The van der Waals surface area contributed by atoms with E-state index in [0.29, 0.717) is 17.6 Å². The van der Waals surface area contributed by atoms with Crippen LogP contribution in [-0.4, -0.2) is 48.6 Å². The first-order valence-electron chi connectivity index (χ1n) is 9.24. The minimum Gasteiger partial charge on any atom is -0.461 e. The molecule has 1 aliphatic rings. The molecule has 0 bridgehead atoms. The molecule has 0 radical (unpaired) electrons. The van der Waals surface area contributed by atoms with E-state index in [9.17, 15) is 9.59 Å². The first kappa shape index (κ1) is 19.0. The number of carbonyl (C=O) groups excluding carboxylic acids is 1. The number of ether oxygens (including phenoxy) is 1. The number of esters is 1. The fourth-order valence-corrected chi connectivity index (χ4v) is 3.89. The fraction of sp³-hybridized carbons (Fsp3) is 0.500. The predicted molar refractivity (Wildman–Crippen MR) is 105 cm³/mol. The highest BCUT2D eigenvalue weighted by Gasteiger charge is 2.15. The number of fused-ring (bicyclic) bond motifs is 1. The Kier molecular flexibility index (Phi) is 7.14. The minimum absolute atomic E-state index is 0.0428. The highest BCUT2D eigenvalue weighted by atomic mass is 32.2. The molecule has 0 N–H and O–H groups in total. The van der Waals surface area contributed by atoms with Gasteiger partial charge in [-0.1, -0.05) is 24.6 Å². The summed E-state index contributed by atoms with van der Waals surface area (Å²) in [5.74, 6) is 1.19. The van der Waals surface area contributed by atoms with Gasteiger partial charge >= 0.3 is 11.6 Å². The number of rotatable bonds is 8. The highest BCUT2D eigenvalue weighted by Crippen LogP contribution is 2.14. The van der Waals surface area contributed by atoms with Crippen molar-refractivity contribution >= 4 is 28.7 Å². The van der Waals surface area contributed by atoms with Gasteiger partial charge in [0.1, 0.15) is 17.8 Å². The van der Waals surface area contributed by atoms with Gasteiger partial charge in [-0.2, -0.15) is 11.8 Å². The van der Waals surface area contributed by atoms with Crippen LogP contribution in [0.2, 0.25) is 0 Å². The van der Waals surface area contributed by atoms with Crippen LogP contribution in [0.15, 0.2) is 39.5 Å². The molecular weight excluding hydrogens is 350 g/mol. The molecule has 1 aromatic carbocycles. The monoisotopic (exact) mass is 375 g/mol. The Morgan fingerprint density at radius 3 is 2.81 bits per heavy atom. The van der Waals surface area contributed by atoms with E-state index in [1.807, 2.05) is 6.07 Å². The second-order valence-electron chi connectivity index (χ2n) is 6.49. The maximum absolute atomic E-state index is 12.1. The molecule has 1 fully saturated rings. The SMILES string of the molecule is O=C(OCCSCCCN1CCCCC1)c1cc2ccccc2oc1=O. The molecule has 0 aliphatic carbocycles. The maximum atomic E-state index is 12.1. The summed E-state index contributed by atoms with van der Waals surface area (Å²) in [5.41, 5.74) is -0.222. The van der Waals surface area contributed by atoms with Gasteiger partial charge in [-0.15, -0.1) is 0 Å². The van der Waals surface area contributed by atoms with Crippen LogP contribution < -0.4 is 5.63 Å². The van der Waals surface area contributed by atoms with E-state index in [0.717, 1.165) is 24.5 Å². The summed E-state index contributed by atoms with van der Waals surface area (Å²) >= 11 is 1.78. The van der Waals surface area contributed by atoms with Gasteiger partial charge in [-0.25, -0.2) is 9.59 Å². The lowest BCUT2D eigenvalue weighted by atomic mass is 10.1. The van der Waals surface area contributed by atoms with E-state index in [2.05, 4.69) is 4.90 Å². The molecular formula is C20H25NO4S. The van der Waals surface area contributed by atoms with Crippen molar-refractivity contribution in [1.29, 1.82) is 0 Å². The molecule has 5 nitrogen and oxygen atoms in total. The van der Waals surface area contributed by atoms with Crippen LogP contribution in [0.5, 0.6) is 0 Å². The molecule has 0 atom stereocenters. The van der Waals surface area contributed by atoms with E-state index in [1.165, 1.54) is 38.4 Å². The van der Waals surface area contributed by atoms with Crippen LogP contribution in [-0.2, 0) is 4.74 Å². The minimum atomic E-state index is -0.650. The van der Waals surface area contributed by atoms with Crippen LogP contribution in [0.4, 0.5) is 0 Å². The molecule has 0 amide bonds. The summed E-state index contributed by atoms with van der Waals surface area (Å²) in [6.07, 6.45) is 5.18. The summed E-state index contributed by atoms with van der Waals surface area (Å²) < 4.78 is 10.4. The number of thioether (sulfide) groups is 1. The van der Waals surface area contributed by atoms with Gasteiger partial charge in [0.25, 0.3) is 0 Å². The van der Waals surface area contributed by atoms with Crippen LogP contribution in [0.1, 0.15) is 36.0 Å². The Hall–Kier alpha value is -1.79. The number of piperidine rings is 1. The van der Waals surface area contributed by atoms with Crippen molar-refractivity contribution < 1.29 is 13.9 Å². The van der Waals surface area contributed by atoms with Crippen molar-refractivity contribution in [1.82, 2.24) is 4.90 Å². The Morgan fingerprint density at radius 2 is 1.96 bits per heavy atom. The first-order valence-corrected chi connectivity index (χ1v) is 10.4. The van der Waals surface area contributed by atoms with Crippen molar-refractivity contribution in [2.45, 2.75) is 25.7 Å². The summed E-state index contributed by atoms with van der Waals surface area (Å²) in [7, 11) is 0. The summed E-state index contributed by atoms with van der Waals surface area (Å²) in [6.45, 7) is 3.93. The van der Waals surface area contributed by atoms with Crippen molar-refractivity contribution in [3.8, 4) is 0 Å². The predicted octanol–water partition coefficient (Wildman–Crippen LogP) is 3.56. The quantitative estimate of drug-likeness (QED) is 0.399. The molecule has 2 heterocycles. The Balaban J connectivity index is 1.36. The molecule has 2 aromatic rings. The lowest BCUT2D eigenvalue weighted by molar-refractivity contribution is 0.0525. The van der Waals surface area contributed by atoms with Crippen molar-refractivity contribution in [2.75, 3.05) is 37.7 Å². The smallest absolute Gasteiger partial charge is 0.351 e. The fourth-order valence-electron chi connectivity index (χ4n) is 3.15. The van der Waals surface area contributed by atoms with Gasteiger partial charge in [0, 0.05) is 11.1 Å². The van der Waals surface area contributed by atoms with Crippen LogP contribution in [0.3, 0.4) is 0 Å². The number of para-hydroxylation sites is 1. The van der Waals surface area contributed by atoms with E-state index < -0.39 is 11.6 Å². The third-order valence-electron chi connectivity index (χ3n) is 4.53. The molecule has 1 saturated heterocycles. The topological polar surface area (TPSA) is 59.8 Å². The van der Waals surface area contributed by atoms with Gasteiger partial charge in [0.15, 0.2) is 0 Å². The zero-order valence-corrected chi connectivity index (χ0v) is 15.8. The zero-order chi connectivity index (χ0) is 18.2. The van der Waals surface area contributed by atoms with Crippen LogP contribution in [0, 0.1) is 0 Å². The van der Waals surface area contributed by atoms with Crippen LogP contribution >= 0.6 is 11.8 Å². The van der Waals surface area contributed by atoms with E-state index in [1.54, 1.807) is 30.0 Å². The zero-order valence-electron chi connectivity index (χ0n) is 14.9. The van der Waals surface area contributed by atoms with Gasteiger partial charge in [0.2, 0.25) is 0 Å². The van der Waals surface area contributed by atoms with E-state index in [4.69, 9.17) is 9.15 Å². The van der Waals surface area contributed by atoms with Gasteiger partial charge < -0.3 is 14.1 Å². The molecule has 3 rings (SSSR count). The van der Waals surface area contributed by atoms with Crippen molar-refractivity contribution in [2.24, 2.45) is 0 Å². The number of hydrogen-bond acceptors (Lipinski definition) is 6. The molecule has 0 spiro atoms. The Labute approximate surface area is 157 Å². The largest absolute Gasteiger partial charge is 0.461 e. The summed E-state index contributed by atoms with van der Waals surface area (Å²) in [4.78, 5) is 26.6. The average molecular weight is 375 g/mol. The van der Waals surface area contributed by atoms with Crippen LogP contribution in [0.25, 0.3) is 11.0 Å². The molecule has 26 heavy (non-hydrogen) atoms. The Bertz CT molecular complexity index is 783. The van der Waals surface area contributed by atoms with Gasteiger partial charge in [-0.05, 0) is 56.8 Å². The maximum Gasteiger partial charge on any atom is 0.351 e. The number of hydrogen-bond donors (Lipinski definition) is 0. The molecule has 1 aliphatic heterocycles. The second kappa shape index (κ2) is 9.78. The number of benzene rings is 1. The van der Waals surface area contributed by atoms with Crippen molar-refractivity contribution in [3.63, 3.8) is 0 Å². The number of likely N-dealkylation sites (tertiary alicyclic amines) is 1. The average Bonchev–Trinajstić information content (AvgIpc) is 2.67. The highest BCUT2D eigenvalue weighted by molar-refractivity contribution is 7.99. The molecule has 0 saturated carbocycles.